The topological polar surface area (TPSA) is 13.0 Å². The maximum Gasteiger partial charge on any atom is 0.0147 e. The van der Waals surface area contributed by atoms with E-state index in [-0.39, 0.29) is 0 Å². The number of nitrogens with zero attached hydrogens (tertiary/aromatic N) is 4. The number of rotatable bonds is 22. The predicted molar refractivity (Wildman–Crippen MR) is 514 cm³/mol. The van der Waals surface area contributed by atoms with Gasteiger partial charge in [-0.3, -0.25) is 19.6 Å². The fraction of sp³-hybridized carbons (Fsp3) is 1.00. The zero-order chi connectivity index (χ0) is 82.4. The lowest BCUT2D eigenvalue weighted by molar-refractivity contribution is -0.197. The normalized spacial score (nSPS) is 45.7. The third-order valence-corrected chi connectivity index (χ3v) is 44.2. The summed E-state index contributed by atoms with van der Waals surface area (Å²) < 4.78 is 0. The molecule has 0 aromatic carbocycles. The third kappa shape index (κ3) is 21.4. The lowest BCUT2D eigenvalue weighted by Crippen LogP contribution is -2.72. The van der Waals surface area contributed by atoms with E-state index < -0.39 is 0 Å². The predicted octanol–water partition coefficient (Wildman–Crippen LogP) is 32.3. The van der Waals surface area contributed by atoms with Crippen LogP contribution in [0.1, 0.15) is 482 Å². The van der Waals surface area contributed by atoms with Crippen molar-refractivity contribution in [1.82, 2.24) is 19.6 Å². The first-order valence-electron chi connectivity index (χ1n) is 55.1. The van der Waals surface area contributed by atoms with E-state index in [9.17, 15) is 0 Å². The highest BCUT2D eigenvalue weighted by Gasteiger charge is 2.65. The smallest absolute Gasteiger partial charge is 0.0147 e. The molecule has 16 aliphatic carbocycles. The van der Waals surface area contributed by atoms with Crippen molar-refractivity contribution in [2.75, 3.05) is 0 Å². The molecule has 10 unspecified atom stereocenters. The summed E-state index contributed by atoms with van der Waals surface area (Å²) in [5, 5.41) is 0. The van der Waals surface area contributed by atoms with E-state index in [0.717, 1.165) is 201 Å². The Morgan fingerprint density at radius 2 is 0.381 bits per heavy atom. The molecule has 0 radical (unpaired) electrons. The van der Waals surface area contributed by atoms with Gasteiger partial charge in [0.1, 0.15) is 0 Å². The molecule has 0 spiro atoms. The highest BCUT2D eigenvalue weighted by Crippen LogP contribution is 2.66. The molecule has 16 aliphatic rings. The summed E-state index contributed by atoms with van der Waals surface area (Å²) in [6.07, 6.45) is 90.7. The lowest BCUT2D eigenvalue weighted by Gasteiger charge is -2.69. The molecular formula is C112H196Br2N4. The second kappa shape index (κ2) is 40.7. The number of hydrogen-bond acceptors (Lipinski definition) is 4. The van der Waals surface area contributed by atoms with Crippen LogP contribution in [0.15, 0.2) is 0 Å². The van der Waals surface area contributed by atoms with Crippen LogP contribution in [-0.2, 0) is 0 Å². The van der Waals surface area contributed by atoms with E-state index in [0.29, 0.717) is 21.7 Å². The molecule has 16 saturated carbocycles. The summed E-state index contributed by atoms with van der Waals surface area (Å²) in [5.41, 5.74) is 1.86. The minimum absolute atomic E-state index is 0.465. The molecule has 0 aromatic heterocycles. The van der Waals surface area contributed by atoms with E-state index in [2.05, 4.69) is 148 Å². The van der Waals surface area contributed by atoms with Crippen molar-refractivity contribution in [3.05, 3.63) is 0 Å². The van der Waals surface area contributed by atoms with Gasteiger partial charge in [0.25, 0.3) is 0 Å². The van der Waals surface area contributed by atoms with E-state index in [1.807, 2.05) is 0 Å². The van der Waals surface area contributed by atoms with Crippen LogP contribution in [0.4, 0.5) is 0 Å². The Morgan fingerprint density at radius 3 is 0.559 bits per heavy atom. The molecule has 0 amide bonds. The van der Waals surface area contributed by atoms with Gasteiger partial charge < -0.3 is 0 Å². The lowest BCUT2D eigenvalue weighted by atomic mass is 9.44. The standard InChI is InChI=1S/C112H196Br2N4/c1-15-17-19-75-21-53-91(54-22-75)115(97-65-49-89(113)50-66-97)103-73-105(117(93-57-33-81(34-58-93)77-25-41-85(42-26-77)109(3,4)5)94-59-35-82(36-60-94)78-27-43-86(44-28-78)110(6,7)8)101-72-70-100-104(116(98-67-51-90(114)52-68-98)92-55-23-76(24-56-92)20-18-16-2)74-106(102-71-69-99(103)107(101)108(100)102)118(95-61-37-83(38-62-95)79-29-45-87(46-30-79)111(9,10)11)96-63-39-84(40-64-96)80-31-47-88(48-32-80)112(12,13)14/h75-108H,15-74H2,1-14H3. The highest BCUT2D eigenvalue weighted by atomic mass is 79.9. The summed E-state index contributed by atoms with van der Waals surface area (Å²) in [6.45, 7) is 35.9. The van der Waals surface area contributed by atoms with E-state index in [1.54, 1.807) is 89.9 Å². The fourth-order valence-corrected chi connectivity index (χ4v) is 36.5. The van der Waals surface area contributed by atoms with Gasteiger partial charge in [0.15, 0.2) is 0 Å². The molecular weight excluding hydrogens is 1560 g/mol. The molecule has 6 heteroatoms. The summed E-state index contributed by atoms with van der Waals surface area (Å²) in [7, 11) is 0. The Balaban J connectivity index is 0.799. The first-order chi connectivity index (χ1) is 56.7. The zero-order valence-corrected chi connectivity index (χ0v) is 83.8. The zero-order valence-electron chi connectivity index (χ0n) is 80.6. The average Bonchev–Trinajstić information content (AvgIpc) is 0.698. The molecule has 4 nitrogen and oxygen atoms in total. The molecule has 0 aromatic rings. The Bertz CT molecular complexity index is 2620. The Morgan fingerprint density at radius 1 is 0.212 bits per heavy atom. The van der Waals surface area contributed by atoms with Gasteiger partial charge in [-0.1, -0.05) is 167 Å². The largest absolute Gasteiger partial charge is 0.294 e. The highest BCUT2D eigenvalue weighted by molar-refractivity contribution is 9.09. The molecule has 0 bridgehead atoms. The van der Waals surface area contributed by atoms with Gasteiger partial charge in [0.05, 0.1) is 0 Å². The second-order valence-electron chi connectivity index (χ2n) is 52.1. The van der Waals surface area contributed by atoms with Crippen LogP contribution in [-0.4, -0.2) is 102 Å². The molecule has 118 heavy (non-hydrogen) atoms. The van der Waals surface area contributed by atoms with Crippen LogP contribution in [0, 0.1) is 140 Å². The van der Waals surface area contributed by atoms with Crippen LogP contribution >= 0.6 is 31.9 Å². The molecule has 10 atom stereocenters. The van der Waals surface area contributed by atoms with Crippen molar-refractivity contribution in [3.63, 3.8) is 0 Å². The monoisotopic (exact) mass is 1760 g/mol. The van der Waals surface area contributed by atoms with Crippen LogP contribution in [0.2, 0.25) is 0 Å². The van der Waals surface area contributed by atoms with Crippen molar-refractivity contribution in [3.8, 4) is 0 Å². The average molecular weight is 1760 g/mol. The second-order valence-corrected chi connectivity index (χ2v) is 54.7. The minimum Gasteiger partial charge on any atom is -0.294 e. The maximum absolute atomic E-state index is 4.39. The van der Waals surface area contributed by atoms with Gasteiger partial charge in [0, 0.05) is 82.2 Å². The minimum atomic E-state index is 0.465. The first-order valence-corrected chi connectivity index (χ1v) is 56.9. The summed E-state index contributed by atoms with van der Waals surface area (Å²) in [5.74, 6) is 18.9. The summed E-state index contributed by atoms with van der Waals surface area (Å²) in [6, 6.07) is 9.48. The molecule has 0 heterocycles. The van der Waals surface area contributed by atoms with Gasteiger partial charge in [-0.15, -0.1) is 0 Å². The van der Waals surface area contributed by atoms with E-state index >= 15 is 0 Å². The Kier molecular flexibility index (Phi) is 31.7. The van der Waals surface area contributed by atoms with Gasteiger partial charge >= 0.3 is 0 Å². The number of unbranched alkanes of at least 4 members (excludes halogenated alkanes) is 2. The SMILES string of the molecule is CCCCC1CCC(N(C2CCC(Br)CC2)C2CC(N(C3CCC(C4CCC(C(C)(C)C)CC4)CC3)C3CCC(C4CCC(C(C)(C)C)CC4)CC3)C3CCC4C5C(CCC2C35)C(N(C2CCC(C3CCC(C(C)(C)C)CC3)CC2)C2CCC(C3CCC(C(C)(C)C)CC3)CC2)CC4N(C2CCC(Br)CC2)C2CCC(CCCC)CC2)CC1. The van der Waals surface area contributed by atoms with Crippen LogP contribution in [0.5, 0.6) is 0 Å². The molecule has 678 valence electrons. The van der Waals surface area contributed by atoms with Crippen molar-refractivity contribution in [2.45, 2.75) is 564 Å². The molecule has 16 rings (SSSR count). The van der Waals surface area contributed by atoms with Gasteiger partial charge in [-0.2, -0.15) is 0 Å². The van der Waals surface area contributed by atoms with Gasteiger partial charge in [0.2, 0.25) is 0 Å². The molecule has 16 fully saturated rings. The Hall–Kier alpha value is 0.800. The van der Waals surface area contributed by atoms with Crippen molar-refractivity contribution < 1.29 is 0 Å². The summed E-state index contributed by atoms with van der Waals surface area (Å²) >= 11 is 8.77. The molecule has 0 aliphatic heterocycles. The van der Waals surface area contributed by atoms with Gasteiger partial charge in [-0.05, 0) is 487 Å². The van der Waals surface area contributed by atoms with Crippen LogP contribution in [0.25, 0.3) is 0 Å². The number of halogens is 2. The molecule has 0 saturated heterocycles. The van der Waals surface area contributed by atoms with Crippen molar-refractivity contribution in [2.24, 2.45) is 140 Å². The van der Waals surface area contributed by atoms with E-state index in [1.165, 1.54) is 295 Å². The molecule has 0 N–H and O–H groups in total. The summed E-state index contributed by atoms with van der Waals surface area (Å²) in [4.78, 5) is 16.3. The van der Waals surface area contributed by atoms with Crippen molar-refractivity contribution >= 4 is 31.9 Å². The number of hydrogen-bond donors (Lipinski definition) is 0. The van der Waals surface area contributed by atoms with Crippen molar-refractivity contribution in [1.29, 1.82) is 0 Å². The van der Waals surface area contributed by atoms with Gasteiger partial charge in [-0.25, -0.2) is 0 Å². The van der Waals surface area contributed by atoms with Crippen LogP contribution in [0.3, 0.4) is 0 Å². The fourth-order valence-electron chi connectivity index (χ4n) is 35.5. The Labute approximate surface area is 750 Å². The maximum atomic E-state index is 4.39. The first kappa shape index (κ1) is 92.1. The van der Waals surface area contributed by atoms with Crippen LogP contribution < -0.4 is 0 Å². The quantitative estimate of drug-likeness (QED) is 0.100. The number of alkyl halides is 2. The van der Waals surface area contributed by atoms with E-state index in [4.69, 9.17) is 0 Å². The third-order valence-electron chi connectivity index (χ3n) is 42.4.